The van der Waals surface area contributed by atoms with Gasteiger partial charge in [-0.15, -0.1) is 0 Å². The monoisotopic (exact) mass is 447 g/mol. The number of fused-ring (bicyclic) bond motifs is 3. The first-order chi connectivity index (χ1) is 14.6. The molecule has 4 rings (SSSR count). The van der Waals surface area contributed by atoms with Gasteiger partial charge in [0.15, 0.2) is 5.41 Å². The number of rotatable bonds is 4. The van der Waals surface area contributed by atoms with Gasteiger partial charge in [-0.05, 0) is 63.0 Å². The van der Waals surface area contributed by atoms with Gasteiger partial charge >= 0.3 is 11.9 Å². The highest BCUT2D eigenvalue weighted by Crippen LogP contribution is 2.57. The standard InChI is InChI=1S/C23H29NO6S/c1-14-5-7-17(8-6-14)31(27,28)24-12-16-9-15(2)18-10-23(21(25)29-3,22(26)30-4)11-19(18)20(16)13-24/h5-8,16,19-20H,9-13H2,1-4H3. The molecule has 2 fully saturated rings. The summed E-state index contributed by atoms with van der Waals surface area (Å²) < 4.78 is 38.1. The van der Waals surface area contributed by atoms with E-state index in [0.29, 0.717) is 24.4 Å². The number of carbonyl (C=O) groups excluding carboxylic acids is 2. The molecule has 0 bridgehead atoms. The summed E-state index contributed by atoms with van der Waals surface area (Å²) in [7, 11) is -1.03. The number of ether oxygens (including phenoxy) is 2. The second-order valence-corrected chi connectivity index (χ2v) is 11.1. The zero-order chi connectivity index (χ0) is 22.6. The molecular formula is C23H29NO6S. The first-order valence-corrected chi connectivity index (χ1v) is 12.0. The highest BCUT2D eigenvalue weighted by molar-refractivity contribution is 7.89. The van der Waals surface area contributed by atoms with Gasteiger partial charge in [0.1, 0.15) is 0 Å². The Kier molecular flexibility index (Phi) is 5.50. The summed E-state index contributed by atoms with van der Waals surface area (Å²) >= 11 is 0. The lowest BCUT2D eigenvalue weighted by molar-refractivity contribution is -0.168. The second-order valence-electron chi connectivity index (χ2n) is 9.12. The van der Waals surface area contributed by atoms with Crippen molar-refractivity contribution in [2.24, 2.45) is 23.2 Å². The summed E-state index contributed by atoms with van der Waals surface area (Å²) in [6, 6.07) is 6.91. The molecule has 2 aliphatic carbocycles. The molecule has 1 saturated carbocycles. The van der Waals surface area contributed by atoms with Gasteiger partial charge in [-0.25, -0.2) is 8.42 Å². The minimum absolute atomic E-state index is 0.0323. The maximum atomic E-state index is 13.3. The molecule has 0 spiro atoms. The van der Waals surface area contributed by atoms with Crippen LogP contribution in [0.2, 0.25) is 0 Å². The molecule has 1 aromatic carbocycles. The molecule has 31 heavy (non-hydrogen) atoms. The number of benzene rings is 1. The molecule has 1 heterocycles. The van der Waals surface area contributed by atoms with Crippen molar-refractivity contribution < 1.29 is 27.5 Å². The average molecular weight is 448 g/mol. The van der Waals surface area contributed by atoms with E-state index in [-0.39, 0.29) is 24.2 Å². The van der Waals surface area contributed by atoms with E-state index in [1.165, 1.54) is 14.2 Å². The van der Waals surface area contributed by atoms with Crippen LogP contribution in [0.25, 0.3) is 0 Å². The Labute approximate surface area is 183 Å². The lowest BCUT2D eigenvalue weighted by Crippen LogP contribution is -2.39. The Hall–Kier alpha value is -2.19. The summed E-state index contributed by atoms with van der Waals surface area (Å²) in [6.45, 7) is 4.79. The molecule has 0 amide bonds. The molecule has 1 aromatic rings. The normalized spacial score (nSPS) is 27.5. The summed E-state index contributed by atoms with van der Waals surface area (Å²) in [6.07, 6.45) is 1.37. The number of esters is 2. The van der Waals surface area contributed by atoms with E-state index in [2.05, 4.69) is 0 Å². The van der Waals surface area contributed by atoms with Crippen LogP contribution in [0.5, 0.6) is 0 Å². The van der Waals surface area contributed by atoms with Crippen molar-refractivity contribution in [3.8, 4) is 0 Å². The molecule has 1 aliphatic heterocycles. The molecule has 0 N–H and O–H groups in total. The third-order valence-corrected chi connectivity index (χ3v) is 9.26. The quantitative estimate of drug-likeness (QED) is 0.401. The van der Waals surface area contributed by atoms with Gasteiger partial charge < -0.3 is 9.47 Å². The predicted octanol–water partition coefficient (Wildman–Crippen LogP) is 2.69. The lowest BCUT2D eigenvalue weighted by Gasteiger charge is -2.32. The van der Waals surface area contributed by atoms with Gasteiger partial charge in [-0.2, -0.15) is 4.31 Å². The van der Waals surface area contributed by atoms with Crippen molar-refractivity contribution in [3.05, 3.63) is 41.0 Å². The third-order valence-electron chi connectivity index (χ3n) is 7.41. The molecule has 0 radical (unpaired) electrons. The minimum Gasteiger partial charge on any atom is -0.468 e. The van der Waals surface area contributed by atoms with Crippen LogP contribution in [0.3, 0.4) is 0 Å². The lowest BCUT2D eigenvalue weighted by atomic mass is 9.72. The van der Waals surface area contributed by atoms with Crippen LogP contribution in [0, 0.1) is 30.1 Å². The summed E-state index contributed by atoms with van der Waals surface area (Å²) in [5.74, 6) is -0.953. The summed E-state index contributed by atoms with van der Waals surface area (Å²) in [5, 5.41) is 0. The molecule has 3 aliphatic rings. The van der Waals surface area contributed by atoms with Crippen molar-refractivity contribution in [3.63, 3.8) is 0 Å². The number of hydrogen-bond donors (Lipinski definition) is 0. The molecule has 3 atom stereocenters. The maximum Gasteiger partial charge on any atom is 0.323 e. The van der Waals surface area contributed by atoms with E-state index in [1.54, 1.807) is 28.6 Å². The van der Waals surface area contributed by atoms with E-state index < -0.39 is 27.4 Å². The van der Waals surface area contributed by atoms with Crippen LogP contribution >= 0.6 is 0 Å². The van der Waals surface area contributed by atoms with Crippen LogP contribution < -0.4 is 0 Å². The van der Waals surface area contributed by atoms with Gasteiger partial charge in [0.2, 0.25) is 10.0 Å². The number of aryl methyl sites for hydroxylation is 1. The highest BCUT2D eigenvalue weighted by Gasteiger charge is 2.60. The molecule has 8 heteroatoms. The van der Waals surface area contributed by atoms with E-state index in [9.17, 15) is 18.0 Å². The Balaban J connectivity index is 1.64. The van der Waals surface area contributed by atoms with Gasteiger partial charge in [0.05, 0.1) is 19.1 Å². The number of methoxy groups -OCH3 is 2. The van der Waals surface area contributed by atoms with Crippen LogP contribution in [0.15, 0.2) is 40.3 Å². The van der Waals surface area contributed by atoms with Gasteiger partial charge in [-0.1, -0.05) is 28.8 Å². The largest absolute Gasteiger partial charge is 0.468 e. The second kappa shape index (κ2) is 7.74. The molecule has 1 saturated heterocycles. The van der Waals surface area contributed by atoms with Crippen molar-refractivity contribution in [1.29, 1.82) is 0 Å². The third kappa shape index (κ3) is 3.40. The van der Waals surface area contributed by atoms with Crippen LogP contribution in [0.1, 0.15) is 31.7 Å². The van der Waals surface area contributed by atoms with Crippen molar-refractivity contribution >= 4 is 22.0 Å². The smallest absolute Gasteiger partial charge is 0.323 e. The predicted molar refractivity (Wildman–Crippen MR) is 113 cm³/mol. The summed E-state index contributed by atoms with van der Waals surface area (Å²) in [5.41, 5.74) is 1.90. The SMILES string of the molecule is COC(=O)C1(C(=O)OC)CC2=C(C)CC3CN(S(=O)(=O)c4ccc(C)cc4)CC3C2C1. The molecule has 7 nitrogen and oxygen atoms in total. The Morgan fingerprint density at radius 2 is 1.65 bits per heavy atom. The van der Waals surface area contributed by atoms with E-state index >= 15 is 0 Å². The molecule has 0 aromatic heterocycles. The first-order valence-electron chi connectivity index (χ1n) is 10.6. The summed E-state index contributed by atoms with van der Waals surface area (Å²) in [4.78, 5) is 25.6. The Bertz CT molecular complexity index is 1030. The molecule has 168 valence electrons. The van der Waals surface area contributed by atoms with E-state index in [1.807, 2.05) is 13.8 Å². The first kappa shape index (κ1) is 22.0. The van der Waals surface area contributed by atoms with Gasteiger partial charge in [0, 0.05) is 13.1 Å². The number of hydrogen-bond acceptors (Lipinski definition) is 6. The van der Waals surface area contributed by atoms with Crippen molar-refractivity contribution in [2.75, 3.05) is 27.3 Å². The van der Waals surface area contributed by atoms with Crippen molar-refractivity contribution in [1.82, 2.24) is 4.31 Å². The van der Waals surface area contributed by atoms with Crippen molar-refractivity contribution in [2.45, 2.75) is 38.0 Å². The van der Waals surface area contributed by atoms with Gasteiger partial charge in [0.25, 0.3) is 0 Å². The minimum atomic E-state index is -3.60. The zero-order valence-corrected chi connectivity index (χ0v) is 19.2. The number of sulfonamides is 1. The fraction of sp³-hybridized carbons (Fsp3) is 0.565. The zero-order valence-electron chi connectivity index (χ0n) is 18.4. The fourth-order valence-electron chi connectivity index (χ4n) is 5.80. The number of allylic oxidation sites excluding steroid dienone is 2. The maximum absolute atomic E-state index is 13.3. The Morgan fingerprint density at radius 1 is 1.03 bits per heavy atom. The topological polar surface area (TPSA) is 90.0 Å². The van der Waals surface area contributed by atoms with Gasteiger partial charge in [-0.3, -0.25) is 9.59 Å². The number of carbonyl (C=O) groups is 2. The highest BCUT2D eigenvalue weighted by atomic mass is 32.2. The number of nitrogens with zero attached hydrogens (tertiary/aromatic N) is 1. The van der Waals surface area contributed by atoms with Crippen LogP contribution in [0.4, 0.5) is 0 Å². The van der Waals surface area contributed by atoms with Crippen LogP contribution in [-0.4, -0.2) is 52.0 Å². The van der Waals surface area contributed by atoms with Crippen LogP contribution in [-0.2, 0) is 29.1 Å². The molecule has 3 unspecified atom stereocenters. The molecular weight excluding hydrogens is 418 g/mol. The van der Waals surface area contributed by atoms with E-state index in [0.717, 1.165) is 23.1 Å². The Morgan fingerprint density at radius 3 is 2.23 bits per heavy atom. The fourth-order valence-corrected chi connectivity index (χ4v) is 7.33. The van der Waals surface area contributed by atoms with E-state index in [4.69, 9.17) is 9.47 Å². The average Bonchev–Trinajstić information content (AvgIpc) is 3.36.